The minimum Gasteiger partial charge on any atom is -0.453 e. The Balaban J connectivity index is 1.79. The van der Waals surface area contributed by atoms with Crippen molar-refractivity contribution in [2.45, 2.75) is 0 Å². The number of benzene rings is 1. The van der Waals surface area contributed by atoms with E-state index in [-0.39, 0.29) is 5.69 Å². The van der Waals surface area contributed by atoms with Crippen molar-refractivity contribution in [3.05, 3.63) is 57.5 Å². The lowest BCUT2D eigenvalue weighted by Crippen LogP contribution is -2.10. The number of ether oxygens (including phenoxy) is 1. The molecule has 0 radical (unpaired) electrons. The molecule has 2 aromatic heterocycles. The number of carbonyl (C=O) groups excluding carboxylic acids is 1. The lowest BCUT2D eigenvalue weighted by atomic mass is 10.2. The van der Waals surface area contributed by atoms with Crippen LogP contribution in [0.4, 0.5) is 20.6 Å². The van der Waals surface area contributed by atoms with E-state index in [1.807, 2.05) is 17.5 Å². The van der Waals surface area contributed by atoms with Crippen molar-refractivity contribution in [1.82, 2.24) is 4.98 Å². The molecule has 0 saturated heterocycles. The number of anilines is 2. The van der Waals surface area contributed by atoms with Crippen LogP contribution in [0.15, 0.2) is 46.9 Å². The van der Waals surface area contributed by atoms with Crippen LogP contribution < -0.4 is 10.7 Å². The number of nitrogens with one attached hydrogen (secondary N) is 2. The summed E-state index contributed by atoms with van der Waals surface area (Å²) in [5, 5.41) is 20.4. The van der Waals surface area contributed by atoms with Crippen molar-refractivity contribution in [3.8, 4) is 10.6 Å². The number of aromatic nitrogens is 1. The lowest BCUT2D eigenvalue weighted by Gasteiger charge is -2.01. The number of non-ortho nitro benzene ring substituents is 1. The molecular formula is C16H13N5O4S2. The number of thiophene rings is 1. The van der Waals surface area contributed by atoms with E-state index in [2.05, 4.69) is 25.6 Å². The van der Waals surface area contributed by atoms with Gasteiger partial charge in [0.1, 0.15) is 10.7 Å². The van der Waals surface area contributed by atoms with Gasteiger partial charge in [-0.2, -0.15) is 5.10 Å². The maximum absolute atomic E-state index is 11.5. The normalized spacial score (nSPS) is 10.7. The highest BCUT2D eigenvalue weighted by molar-refractivity contribution is 7.21. The van der Waals surface area contributed by atoms with Crippen molar-refractivity contribution < 1.29 is 14.5 Å². The third kappa shape index (κ3) is 4.65. The molecule has 0 aliphatic carbocycles. The second kappa shape index (κ2) is 8.38. The van der Waals surface area contributed by atoms with Crippen LogP contribution in [-0.4, -0.2) is 29.3 Å². The van der Waals surface area contributed by atoms with E-state index in [1.54, 1.807) is 12.1 Å². The highest BCUT2D eigenvalue weighted by atomic mass is 32.1. The first-order valence-corrected chi connectivity index (χ1v) is 9.19. The van der Waals surface area contributed by atoms with Gasteiger partial charge in [-0.05, 0) is 11.4 Å². The smallest absolute Gasteiger partial charge is 0.412 e. The van der Waals surface area contributed by atoms with Crippen LogP contribution in [0, 0.1) is 10.1 Å². The summed E-state index contributed by atoms with van der Waals surface area (Å²) in [5.74, 6) is 0. The number of methoxy groups -OCH3 is 1. The van der Waals surface area contributed by atoms with Crippen molar-refractivity contribution in [3.63, 3.8) is 0 Å². The molecule has 0 bridgehead atoms. The third-order valence-electron chi connectivity index (χ3n) is 3.24. The fourth-order valence-electron chi connectivity index (χ4n) is 2.06. The van der Waals surface area contributed by atoms with Gasteiger partial charge in [0.15, 0.2) is 0 Å². The quantitative estimate of drug-likeness (QED) is 0.358. The first-order chi connectivity index (χ1) is 13.1. The Kier molecular flexibility index (Phi) is 5.74. The molecule has 0 atom stereocenters. The van der Waals surface area contributed by atoms with Gasteiger partial charge in [-0.15, -0.1) is 11.3 Å². The fourth-order valence-corrected chi connectivity index (χ4v) is 3.66. The van der Waals surface area contributed by atoms with E-state index in [1.165, 1.54) is 48.1 Å². The molecule has 3 aromatic rings. The van der Waals surface area contributed by atoms with Crippen molar-refractivity contribution >= 4 is 50.8 Å². The molecule has 0 spiro atoms. The maximum atomic E-state index is 11.5. The van der Waals surface area contributed by atoms with Gasteiger partial charge < -0.3 is 4.74 Å². The van der Waals surface area contributed by atoms with Crippen molar-refractivity contribution in [2.24, 2.45) is 5.10 Å². The number of nitro groups is 1. The molecule has 1 amide bonds. The zero-order chi connectivity index (χ0) is 19.2. The predicted molar refractivity (Wildman–Crippen MR) is 106 cm³/mol. The van der Waals surface area contributed by atoms with Gasteiger partial charge in [0.05, 0.1) is 23.1 Å². The van der Waals surface area contributed by atoms with E-state index in [0.717, 1.165) is 4.88 Å². The second-order valence-corrected chi connectivity index (χ2v) is 6.96. The summed E-state index contributed by atoms with van der Waals surface area (Å²) in [6.07, 6.45) is 0.857. The molecule has 0 saturated carbocycles. The monoisotopic (exact) mass is 403 g/mol. The molecule has 27 heavy (non-hydrogen) atoms. The average molecular weight is 403 g/mol. The molecule has 2 N–H and O–H groups in total. The van der Waals surface area contributed by atoms with Crippen LogP contribution in [0.2, 0.25) is 0 Å². The molecule has 0 aliphatic rings. The summed E-state index contributed by atoms with van der Waals surface area (Å²) in [7, 11) is 1.28. The first kappa shape index (κ1) is 18.5. The average Bonchev–Trinajstić information content (AvgIpc) is 3.31. The largest absolute Gasteiger partial charge is 0.453 e. The number of carbonyl (C=O) groups is 1. The van der Waals surface area contributed by atoms with Gasteiger partial charge in [0.25, 0.3) is 5.69 Å². The number of thiazole rings is 1. The molecule has 0 unspecified atom stereocenters. The third-order valence-corrected chi connectivity index (χ3v) is 4.99. The van der Waals surface area contributed by atoms with Gasteiger partial charge >= 0.3 is 6.09 Å². The Morgan fingerprint density at radius 3 is 2.93 bits per heavy atom. The standard InChI is InChI=1S/C16H13N5O4S2/c1-25-16(22)19-14-13(12-6-3-7-26-12)18-15(27-14)20-17-9-10-4-2-5-11(8-10)21(23)24/h2-9H,1H3,(H,18,20)(H,19,22)/b17-9-. The van der Waals surface area contributed by atoms with Crippen LogP contribution >= 0.6 is 22.7 Å². The van der Waals surface area contributed by atoms with Crippen LogP contribution in [0.3, 0.4) is 0 Å². The molecule has 138 valence electrons. The summed E-state index contributed by atoms with van der Waals surface area (Å²) in [6, 6.07) is 9.86. The van der Waals surface area contributed by atoms with Gasteiger partial charge in [-0.25, -0.2) is 9.78 Å². The number of hydrazone groups is 1. The number of hydrogen-bond acceptors (Lipinski definition) is 9. The second-order valence-electron chi connectivity index (χ2n) is 5.01. The van der Waals surface area contributed by atoms with E-state index < -0.39 is 11.0 Å². The van der Waals surface area contributed by atoms with Crippen molar-refractivity contribution in [1.29, 1.82) is 0 Å². The summed E-state index contributed by atoms with van der Waals surface area (Å²) in [4.78, 5) is 27.2. The SMILES string of the molecule is COC(=O)Nc1sc(N/N=C\c2cccc([N+](=O)[O-])c2)nc1-c1cccs1. The fraction of sp³-hybridized carbons (Fsp3) is 0.0625. The summed E-state index contributed by atoms with van der Waals surface area (Å²) in [5.41, 5.74) is 3.93. The molecule has 11 heteroatoms. The molecule has 1 aromatic carbocycles. The van der Waals surface area contributed by atoms with E-state index in [4.69, 9.17) is 0 Å². The number of nitrogens with zero attached hydrogens (tertiary/aromatic N) is 3. The Hall–Kier alpha value is -3.31. The summed E-state index contributed by atoms with van der Waals surface area (Å²) >= 11 is 2.68. The van der Waals surface area contributed by atoms with E-state index >= 15 is 0 Å². The maximum Gasteiger partial charge on any atom is 0.412 e. The highest BCUT2D eigenvalue weighted by Gasteiger charge is 2.16. The van der Waals surface area contributed by atoms with E-state index in [0.29, 0.717) is 21.4 Å². The minimum absolute atomic E-state index is 0.0160. The van der Waals surface area contributed by atoms with Gasteiger partial charge in [-0.1, -0.05) is 29.5 Å². The van der Waals surface area contributed by atoms with Gasteiger partial charge in [0, 0.05) is 17.7 Å². The number of nitro benzene ring substituents is 1. The van der Waals surface area contributed by atoms with Crippen LogP contribution in [0.25, 0.3) is 10.6 Å². The summed E-state index contributed by atoms with van der Waals surface area (Å²) < 4.78 is 4.63. The Morgan fingerprint density at radius 1 is 1.37 bits per heavy atom. The van der Waals surface area contributed by atoms with Crippen LogP contribution in [-0.2, 0) is 4.74 Å². The number of amides is 1. The Morgan fingerprint density at radius 2 is 2.22 bits per heavy atom. The molecule has 0 aliphatic heterocycles. The lowest BCUT2D eigenvalue weighted by molar-refractivity contribution is -0.384. The molecular weight excluding hydrogens is 390 g/mol. The molecule has 2 heterocycles. The van der Waals surface area contributed by atoms with Crippen LogP contribution in [0.5, 0.6) is 0 Å². The van der Waals surface area contributed by atoms with E-state index in [9.17, 15) is 14.9 Å². The molecule has 3 rings (SSSR count). The Bertz CT molecular complexity index is 985. The van der Waals surface area contributed by atoms with Gasteiger partial charge in [0.2, 0.25) is 5.13 Å². The summed E-state index contributed by atoms with van der Waals surface area (Å²) in [6.45, 7) is 0. The number of rotatable bonds is 6. The highest BCUT2D eigenvalue weighted by Crippen LogP contribution is 2.38. The molecule has 0 fully saturated rings. The number of hydrogen-bond donors (Lipinski definition) is 2. The van der Waals surface area contributed by atoms with Crippen molar-refractivity contribution in [2.75, 3.05) is 17.9 Å². The van der Waals surface area contributed by atoms with Crippen LogP contribution in [0.1, 0.15) is 5.56 Å². The first-order valence-electron chi connectivity index (χ1n) is 7.50. The Labute approximate surface area is 161 Å². The predicted octanol–water partition coefficient (Wildman–Crippen LogP) is 4.40. The minimum atomic E-state index is -0.594. The van der Waals surface area contributed by atoms with Gasteiger partial charge in [-0.3, -0.25) is 20.9 Å². The zero-order valence-electron chi connectivity index (χ0n) is 13.9. The molecule has 9 nitrogen and oxygen atoms in total. The zero-order valence-corrected chi connectivity index (χ0v) is 15.5. The topological polar surface area (TPSA) is 119 Å².